The Morgan fingerprint density at radius 1 is 1.03 bits per heavy atom. The number of rotatable bonds is 11. The molecule has 2 aromatic rings. The smallest absolute Gasteiger partial charge is 0.321 e. The van der Waals surface area contributed by atoms with Gasteiger partial charge in [-0.3, -0.25) is 14.9 Å². The molecule has 0 unspecified atom stereocenters. The van der Waals surface area contributed by atoms with Gasteiger partial charge in [-0.1, -0.05) is 26.7 Å². The van der Waals surface area contributed by atoms with Gasteiger partial charge in [-0.2, -0.15) is 4.31 Å². The molecule has 208 valence electrons. The number of hydrogen-bond acceptors (Lipinski definition) is 7. The number of nitrogens with one attached hydrogen (secondary N) is 3. The van der Waals surface area contributed by atoms with Gasteiger partial charge in [0.2, 0.25) is 10.0 Å². The van der Waals surface area contributed by atoms with E-state index < -0.39 is 27.9 Å². The molecule has 0 aliphatic carbocycles. The Morgan fingerprint density at radius 2 is 1.66 bits per heavy atom. The minimum Gasteiger partial charge on any atom is -0.341 e. The molecule has 1 aliphatic rings. The molecule has 0 radical (unpaired) electrons. The number of carbonyl (C=O) groups excluding carboxylic acids is 3. The summed E-state index contributed by atoms with van der Waals surface area (Å²) in [5.74, 6) is -1.05. The lowest BCUT2D eigenvalue weighted by molar-refractivity contribution is 0.0964. The number of sulfonamides is 1. The lowest BCUT2D eigenvalue weighted by atomic mass is 10.0. The summed E-state index contributed by atoms with van der Waals surface area (Å²) in [6, 6.07) is 5.21. The first-order valence-electron chi connectivity index (χ1n) is 12.9. The quantitative estimate of drug-likeness (QED) is 0.383. The summed E-state index contributed by atoms with van der Waals surface area (Å²) < 4.78 is 28.0. The van der Waals surface area contributed by atoms with Crippen molar-refractivity contribution in [3.63, 3.8) is 0 Å². The fraction of sp³-hybridized carbons (Fsp3) is 0.500. The highest BCUT2D eigenvalue weighted by atomic mass is 32.2. The first-order valence-corrected chi connectivity index (χ1v) is 15.2. The van der Waals surface area contributed by atoms with Crippen molar-refractivity contribution in [3.8, 4) is 0 Å². The molecule has 1 aromatic heterocycles. The lowest BCUT2D eigenvalue weighted by Gasteiger charge is -2.22. The van der Waals surface area contributed by atoms with Crippen molar-refractivity contribution in [2.24, 2.45) is 0 Å². The molecule has 1 aliphatic heterocycles. The number of hydrogen-bond donors (Lipinski definition) is 3. The zero-order valence-electron chi connectivity index (χ0n) is 22.4. The number of fused-ring (bicyclic) bond motifs is 1. The number of anilines is 1. The van der Waals surface area contributed by atoms with Crippen molar-refractivity contribution in [3.05, 3.63) is 45.8 Å². The zero-order valence-corrected chi connectivity index (χ0v) is 24.1. The van der Waals surface area contributed by atoms with Crippen LogP contribution in [0.15, 0.2) is 29.2 Å². The Labute approximate surface area is 228 Å². The number of thiophene rings is 1. The van der Waals surface area contributed by atoms with Crippen molar-refractivity contribution in [2.75, 3.05) is 39.0 Å². The van der Waals surface area contributed by atoms with Gasteiger partial charge in [-0.15, -0.1) is 11.3 Å². The lowest BCUT2D eigenvalue weighted by Crippen LogP contribution is -2.38. The molecule has 0 fully saturated rings. The second-order valence-electron chi connectivity index (χ2n) is 9.32. The van der Waals surface area contributed by atoms with Crippen molar-refractivity contribution in [1.82, 2.24) is 19.8 Å². The molecule has 3 N–H and O–H groups in total. The van der Waals surface area contributed by atoms with Gasteiger partial charge in [-0.25, -0.2) is 13.2 Å². The number of likely N-dealkylation sites (N-methyl/N-ethyl adjacent to an activating group) is 1. The Hall–Kier alpha value is -2.80. The van der Waals surface area contributed by atoms with E-state index in [0.29, 0.717) is 31.1 Å². The third kappa shape index (κ3) is 6.99. The molecular formula is C26H37N5O5S2. The predicted octanol–water partition coefficient (Wildman–Crippen LogP) is 3.65. The third-order valence-electron chi connectivity index (χ3n) is 6.43. The molecule has 10 nitrogen and oxygen atoms in total. The third-order valence-corrected chi connectivity index (χ3v) is 9.48. The molecule has 0 saturated heterocycles. The summed E-state index contributed by atoms with van der Waals surface area (Å²) in [6.07, 6.45) is 3.96. The molecule has 0 spiro atoms. The summed E-state index contributed by atoms with van der Waals surface area (Å²) in [4.78, 5) is 41.1. The Balaban J connectivity index is 1.84. The average Bonchev–Trinajstić information content (AvgIpc) is 3.25. The van der Waals surface area contributed by atoms with Crippen LogP contribution >= 0.6 is 11.3 Å². The van der Waals surface area contributed by atoms with Crippen LogP contribution in [-0.4, -0.2) is 69.2 Å². The van der Waals surface area contributed by atoms with E-state index in [4.69, 9.17) is 0 Å². The first-order chi connectivity index (χ1) is 18.1. The molecule has 2 heterocycles. The van der Waals surface area contributed by atoms with Crippen molar-refractivity contribution in [1.29, 1.82) is 0 Å². The normalized spacial score (nSPS) is 13.7. The number of urea groups is 1. The van der Waals surface area contributed by atoms with Gasteiger partial charge < -0.3 is 15.5 Å². The molecule has 1 aromatic carbocycles. The number of amides is 4. The molecular weight excluding hydrogens is 526 g/mol. The van der Waals surface area contributed by atoms with Gasteiger partial charge in [-0.05, 0) is 56.1 Å². The minimum absolute atomic E-state index is 0.140. The van der Waals surface area contributed by atoms with Gasteiger partial charge >= 0.3 is 6.03 Å². The molecule has 0 saturated carbocycles. The van der Waals surface area contributed by atoms with Crippen LogP contribution in [0.5, 0.6) is 0 Å². The van der Waals surface area contributed by atoms with E-state index in [1.807, 2.05) is 20.9 Å². The maximum atomic E-state index is 13.2. The fourth-order valence-corrected chi connectivity index (χ4v) is 7.05. The van der Waals surface area contributed by atoms with Gasteiger partial charge in [0, 0.05) is 43.7 Å². The molecule has 0 atom stereocenters. The van der Waals surface area contributed by atoms with Crippen molar-refractivity contribution in [2.45, 2.75) is 57.4 Å². The van der Waals surface area contributed by atoms with Crippen LogP contribution in [0.3, 0.4) is 0 Å². The van der Waals surface area contributed by atoms with Gasteiger partial charge in [0.1, 0.15) is 5.00 Å². The highest BCUT2D eigenvalue weighted by molar-refractivity contribution is 7.89. The standard InChI is InChI=1S/C26H37N5O5S2/c1-5-7-14-31(15-8-6-2)38(35,36)19-11-9-18(10-12-19)23(32)28-25-22(24(33)29-26(34)27-3)20-13-16-30(4)17-21(20)37-25/h9-12H,5-8,13-17H2,1-4H3,(H,28,32)(H2,27,29,33,34). The molecule has 4 amide bonds. The maximum Gasteiger partial charge on any atom is 0.321 e. The van der Waals surface area contributed by atoms with E-state index in [1.165, 1.54) is 47.0 Å². The predicted molar refractivity (Wildman–Crippen MR) is 149 cm³/mol. The average molecular weight is 564 g/mol. The zero-order chi connectivity index (χ0) is 27.9. The molecule has 12 heteroatoms. The van der Waals surface area contributed by atoms with Gasteiger partial charge in [0.15, 0.2) is 0 Å². The highest BCUT2D eigenvalue weighted by Gasteiger charge is 2.29. The maximum absolute atomic E-state index is 13.2. The summed E-state index contributed by atoms with van der Waals surface area (Å²) >= 11 is 1.31. The Morgan fingerprint density at radius 3 is 2.24 bits per heavy atom. The van der Waals surface area contributed by atoms with Crippen LogP contribution in [0.4, 0.5) is 9.80 Å². The van der Waals surface area contributed by atoms with Crippen molar-refractivity contribution < 1.29 is 22.8 Å². The fourth-order valence-electron chi connectivity index (χ4n) is 4.21. The van der Waals surface area contributed by atoms with Gasteiger partial charge in [0.05, 0.1) is 10.5 Å². The topological polar surface area (TPSA) is 128 Å². The van der Waals surface area contributed by atoms with Gasteiger partial charge in [0.25, 0.3) is 11.8 Å². The van der Waals surface area contributed by atoms with E-state index >= 15 is 0 Å². The van der Waals surface area contributed by atoms with Crippen LogP contribution < -0.4 is 16.0 Å². The van der Waals surface area contributed by atoms with E-state index in [0.717, 1.165) is 42.7 Å². The second-order valence-corrected chi connectivity index (χ2v) is 12.4. The van der Waals surface area contributed by atoms with Crippen LogP contribution in [0.25, 0.3) is 0 Å². The van der Waals surface area contributed by atoms with E-state index in [-0.39, 0.29) is 16.0 Å². The summed E-state index contributed by atoms with van der Waals surface area (Å²) in [5, 5.41) is 7.83. The van der Waals surface area contributed by atoms with Crippen LogP contribution in [0.1, 0.15) is 70.7 Å². The molecule has 38 heavy (non-hydrogen) atoms. The first kappa shape index (κ1) is 29.8. The number of imide groups is 1. The van der Waals surface area contributed by atoms with E-state index in [2.05, 4.69) is 20.9 Å². The number of carbonyl (C=O) groups is 3. The second kappa shape index (κ2) is 13.3. The number of benzene rings is 1. The van der Waals surface area contributed by atoms with Crippen LogP contribution in [0, 0.1) is 0 Å². The minimum atomic E-state index is -3.68. The van der Waals surface area contributed by atoms with Crippen LogP contribution in [-0.2, 0) is 23.0 Å². The molecule has 0 bridgehead atoms. The summed E-state index contributed by atoms with van der Waals surface area (Å²) in [7, 11) is -0.283. The largest absolute Gasteiger partial charge is 0.341 e. The monoisotopic (exact) mass is 563 g/mol. The Bertz CT molecular complexity index is 1250. The van der Waals surface area contributed by atoms with Crippen molar-refractivity contribution >= 4 is 44.2 Å². The number of nitrogens with zero attached hydrogens (tertiary/aromatic N) is 2. The van der Waals surface area contributed by atoms with E-state index in [1.54, 1.807) is 0 Å². The highest BCUT2D eigenvalue weighted by Crippen LogP contribution is 2.37. The Kier molecular flexibility index (Phi) is 10.4. The van der Waals surface area contributed by atoms with Crippen LogP contribution in [0.2, 0.25) is 0 Å². The van der Waals surface area contributed by atoms with E-state index in [9.17, 15) is 22.8 Å². The molecule has 3 rings (SSSR count). The summed E-state index contributed by atoms with van der Waals surface area (Å²) in [5.41, 5.74) is 1.38. The summed E-state index contributed by atoms with van der Waals surface area (Å²) in [6.45, 7) is 6.35. The SMILES string of the molecule is CCCCN(CCCC)S(=O)(=O)c1ccc(C(=O)Nc2sc3c(c2C(=O)NC(=O)NC)CCN(C)C3)cc1. The number of unbranched alkanes of at least 4 members (excludes halogenated alkanes) is 2.